The summed E-state index contributed by atoms with van der Waals surface area (Å²) in [6.45, 7) is 0.499. The van der Waals surface area contributed by atoms with E-state index in [0.717, 1.165) is 5.82 Å². The van der Waals surface area contributed by atoms with Crippen LogP contribution in [0.2, 0.25) is 0 Å². The number of anilines is 1. The number of nitrogens with zero attached hydrogens (tertiary/aromatic N) is 1. The molecule has 0 fully saturated rings. The molecule has 0 aliphatic rings. The zero-order valence-electron chi connectivity index (χ0n) is 9.14. The molecule has 2 amide bonds. The topological polar surface area (TPSA) is 103 Å². The molecule has 0 aliphatic carbocycles. The molecule has 0 bridgehead atoms. The van der Waals surface area contributed by atoms with Crippen LogP contribution in [0.25, 0.3) is 0 Å². The summed E-state index contributed by atoms with van der Waals surface area (Å²) in [6.07, 6.45) is 1.66. The Kier molecular flexibility index (Phi) is 5.29. The van der Waals surface area contributed by atoms with Gasteiger partial charge in [-0.2, -0.15) is 0 Å². The second kappa shape index (κ2) is 7.04. The SMILES string of the molecule is O=C(O)CNC(=O)NCCNc1ccccn1. The molecule has 0 aliphatic heterocycles. The maximum atomic E-state index is 11.0. The largest absolute Gasteiger partial charge is 0.480 e. The molecule has 0 saturated carbocycles. The molecule has 0 spiro atoms. The van der Waals surface area contributed by atoms with Crippen molar-refractivity contribution in [2.75, 3.05) is 25.0 Å². The minimum Gasteiger partial charge on any atom is -0.480 e. The first kappa shape index (κ1) is 12.8. The summed E-state index contributed by atoms with van der Waals surface area (Å²) in [5, 5.41) is 16.0. The van der Waals surface area contributed by atoms with E-state index in [2.05, 4.69) is 20.9 Å². The van der Waals surface area contributed by atoms with Crippen molar-refractivity contribution in [2.45, 2.75) is 0 Å². The summed E-state index contributed by atoms with van der Waals surface area (Å²) in [5.41, 5.74) is 0. The third-order valence-corrected chi connectivity index (χ3v) is 1.78. The number of carbonyl (C=O) groups is 2. The van der Waals surface area contributed by atoms with E-state index >= 15 is 0 Å². The molecule has 0 saturated heterocycles. The lowest BCUT2D eigenvalue weighted by molar-refractivity contribution is -0.135. The van der Waals surface area contributed by atoms with E-state index in [1.165, 1.54) is 0 Å². The first-order valence-corrected chi connectivity index (χ1v) is 5.07. The zero-order valence-corrected chi connectivity index (χ0v) is 9.14. The first-order chi connectivity index (χ1) is 8.18. The van der Waals surface area contributed by atoms with Gasteiger partial charge in [0.2, 0.25) is 0 Å². The summed E-state index contributed by atoms with van der Waals surface area (Å²) in [6, 6.07) is 4.96. The second-order valence-corrected chi connectivity index (χ2v) is 3.14. The van der Waals surface area contributed by atoms with Crippen LogP contribution in [-0.4, -0.2) is 41.7 Å². The summed E-state index contributed by atoms with van der Waals surface area (Å²) in [4.78, 5) is 25.2. The fourth-order valence-electron chi connectivity index (χ4n) is 1.05. The number of amides is 2. The van der Waals surface area contributed by atoms with Crippen LogP contribution in [0.4, 0.5) is 10.6 Å². The average molecular weight is 238 g/mol. The molecule has 1 heterocycles. The van der Waals surface area contributed by atoms with Crippen LogP contribution in [0.15, 0.2) is 24.4 Å². The molecule has 0 atom stereocenters. The number of aromatic nitrogens is 1. The third kappa shape index (κ3) is 5.98. The third-order valence-electron chi connectivity index (χ3n) is 1.78. The number of hydrogen-bond acceptors (Lipinski definition) is 4. The number of urea groups is 1. The highest BCUT2D eigenvalue weighted by atomic mass is 16.4. The van der Waals surface area contributed by atoms with E-state index in [9.17, 15) is 9.59 Å². The number of carboxylic acid groups (broad SMARTS) is 1. The minimum atomic E-state index is -1.08. The Morgan fingerprint density at radius 1 is 1.24 bits per heavy atom. The van der Waals surface area contributed by atoms with E-state index < -0.39 is 12.0 Å². The number of hydrogen-bond donors (Lipinski definition) is 4. The van der Waals surface area contributed by atoms with Gasteiger partial charge in [-0.25, -0.2) is 9.78 Å². The molecule has 1 aromatic heterocycles. The molecule has 1 aromatic rings. The van der Waals surface area contributed by atoms with Crippen molar-refractivity contribution in [1.82, 2.24) is 15.6 Å². The van der Waals surface area contributed by atoms with Crippen LogP contribution in [0, 0.1) is 0 Å². The molecule has 7 heteroatoms. The van der Waals surface area contributed by atoms with Crippen molar-refractivity contribution >= 4 is 17.8 Å². The number of pyridine rings is 1. The van der Waals surface area contributed by atoms with Gasteiger partial charge in [0.05, 0.1) is 0 Å². The van der Waals surface area contributed by atoms with E-state index in [1.54, 1.807) is 6.20 Å². The molecule has 4 N–H and O–H groups in total. The summed E-state index contributed by atoms with van der Waals surface area (Å²) in [7, 11) is 0. The maximum Gasteiger partial charge on any atom is 0.323 e. The standard InChI is InChI=1S/C10H14N4O3/c15-9(16)7-14-10(17)13-6-5-12-8-3-1-2-4-11-8/h1-4H,5-7H2,(H,11,12)(H,15,16)(H2,13,14,17). The van der Waals surface area contributed by atoms with Crippen LogP contribution in [0.5, 0.6) is 0 Å². The summed E-state index contributed by atoms with van der Waals surface area (Å²) in [5.74, 6) is -0.355. The molecule has 1 rings (SSSR count). The lowest BCUT2D eigenvalue weighted by Gasteiger charge is -2.07. The van der Waals surface area contributed by atoms with Crippen LogP contribution < -0.4 is 16.0 Å². The Bertz CT molecular complexity index is 369. The fraction of sp³-hybridized carbons (Fsp3) is 0.300. The van der Waals surface area contributed by atoms with Crippen molar-refractivity contribution in [3.05, 3.63) is 24.4 Å². The normalized spacial score (nSPS) is 9.41. The number of carboxylic acids is 1. The smallest absolute Gasteiger partial charge is 0.323 e. The van der Waals surface area contributed by atoms with Crippen LogP contribution in [-0.2, 0) is 4.79 Å². The van der Waals surface area contributed by atoms with Gasteiger partial charge in [0.15, 0.2) is 0 Å². The number of carbonyl (C=O) groups excluding carboxylic acids is 1. The van der Waals surface area contributed by atoms with Crippen molar-refractivity contribution < 1.29 is 14.7 Å². The Morgan fingerprint density at radius 2 is 2.06 bits per heavy atom. The summed E-state index contributed by atoms with van der Waals surface area (Å²) < 4.78 is 0. The minimum absolute atomic E-state index is 0.377. The van der Waals surface area contributed by atoms with E-state index in [4.69, 9.17) is 5.11 Å². The molecule has 7 nitrogen and oxygen atoms in total. The van der Waals surface area contributed by atoms with Crippen LogP contribution >= 0.6 is 0 Å². The highest BCUT2D eigenvalue weighted by Gasteiger charge is 2.01. The van der Waals surface area contributed by atoms with Gasteiger partial charge in [-0.15, -0.1) is 0 Å². The monoisotopic (exact) mass is 238 g/mol. The van der Waals surface area contributed by atoms with E-state index in [0.29, 0.717) is 13.1 Å². The fourth-order valence-corrected chi connectivity index (χ4v) is 1.05. The molecule has 0 aromatic carbocycles. The number of rotatable bonds is 6. The van der Waals surface area contributed by atoms with E-state index in [1.807, 2.05) is 18.2 Å². The maximum absolute atomic E-state index is 11.0. The van der Waals surface area contributed by atoms with Crippen molar-refractivity contribution in [3.63, 3.8) is 0 Å². The Balaban J connectivity index is 2.08. The lowest BCUT2D eigenvalue weighted by atomic mass is 10.4. The van der Waals surface area contributed by atoms with Crippen LogP contribution in [0.1, 0.15) is 0 Å². The highest BCUT2D eigenvalue weighted by Crippen LogP contribution is 1.97. The summed E-state index contributed by atoms with van der Waals surface area (Å²) >= 11 is 0. The molecule has 17 heavy (non-hydrogen) atoms. The van der Waals surface area contributed by atoms with Gasteiger partial charge in [0.1, 0.15) is 12.4 Å². The molecule has 92 valence electrons. The molecular weight excluding hydrogens is 224 g/mol. The van der Waals surface area contributed by atoms with Gasteiger partial charge in [-0.05, 0) is 12.1 Å². The molecule has 0 unspecified atom stereocenters. The van der Waals surface area contributed by atoms with Crippen LogP contribution in [0.3, 0.4) is 0 Å². The van der Waals surface area contributed by atoms with Gasteiger partial charge in [-0.3, -0.25) is 4.79 Å². The number of aliphatic carboxylic acids is 1. The van der Waals surface area contributed by atoms with E-state index in [-0.39, 0.29) is 6.54 Å². The quantitative estimate of drug-likeness (QED) is 0.517. The molecule has 0 radical (unpaired) electrons. The predicted molar refractivity (Wildman–Crippen MR) is 61.8 cm³/mol. The van der Waals surface area contributed by atoms with Gasteiger partial charge in [0.25, 0.3) is 0 Å². The average Bonchev–Trinajstić information content (AvgIpc) is 2.33. The van der Waals surface area contributed by atoms with Gasteiger partial charge in [-0.1, -0.05) is 6.07 Å². The predicted octanol–water partition coefficient (Wildman–Crippen LogP) is -0.123. The van der Waals surface area contributed by atoms with Crippen molar-refractivity contribution in [1.29, 1.82) is 0 Å². The Hall–Kier alpha value is -2.31. The van der Waals surface area contributed by atoms with Crippen molar-refractivity contribution in [3.8, 4) is 0 Å². The van der Waals surface area contributed by atoms with Gasteiger partial charge < -0.3 is 21.1 Å². The zero-order chi connectivity index (χ0) is 12.5. The van der Waals surface area contributed by atoms with Crippen molar-refractivity contribution in [2.24, 2.45) is 0 Å². The molecular formula is C10H14N4O3. The Morgan fingerprint density at radius 3 is 2.71 bits per heavy atom. The lowest BCUT2D eigenvalue weighted by Crippen LogP contribution is -2.40. The Labute approximate surface area is 98.2 Å². The first-order valence-electron chi connectivity index (χ1n) is 5.07. The highest BCUT2D eigenvalue weighted by molar-refractivity contribution is 5.79. The van der Waals surface area contributed by atoms with Gasteiger partial charge >= 0.3 is 12.0 Å². The number of nitrogens with one attached hydrogen (secondary N) is 3. The van der Waals surface area contributed by atoms with Gasteiger partial charge in [0, 0.05) is 19.3 Å². The second-order valence-electron chi connectivity index (χ2n) is 3.14.